The molecule has 1 unspecified atom stereocenters. The summed E-state index contributed by atoms with van der Waals surface area (Å²) in [6, 6.07) is 9.01. The van der Waals surface area contributed by atoms with Crippen molar-refractivity contribution < 1.29 is 4.74 Å². The lowest BCUT2D eigenvalue weighted by Gasteiger charge is -2.22. The highest BCUT2D eigenvalue weighted by atomic mass is 16.5. The number of methoxy groups -OCH3 is 1. The van der Waals surface area contributed by atoms with Gasteiger partial charge in [0.15, 0.2) is 0 Å². The van der Waals surface area contributed by atoms with Gasteiger partial charge in [0.2, 0.25) is 0 Å². The molecule has 1 aliphatic heterocycles. The Kier molecular flexibility index (Phi) is 5.02. The molecule has 1 aromatic carbocycles. The van der Waals surface area contributed by atoms with Crippen LogP contribution in [-0.4, -0.2) is 37.7 Å². The summed E-state index contributed by atoms with van der Waals surface area (Å²) < 4.78 is 5.16. The van der Waals surface area contributed by atoms with E-state index in [4.69, 9.17) is 10.5 Å². The molecular weight excluding hydrogens is 224 g/mol. The molecule has 0 radical (unpaired) electrons. The van der Waals surface area contributed by atoms with Crippen LogP contribution in [0.2, 0.25) is 0 Å². The Morgan fingerprint density at radius 2 is 2.11 bits per heavy atom. The van der Waals surface area contributed by atoms with Crippen molar-refractivity contribution in [1.82, 2.24) is 4.90 Å². The number of hydrogen-bond acceptors (Lipinski definition) is 3. The Labute approximate surface area is 110 Å². The van der Waals surface area contributed by atoms with E-state index in [9.17, 15) is 0 Å². The number of likely N-dealkylation sites (tertiary alicyclic amines) is 1. The number of nitrogens with zero attached hydrogens (tertiary/aromatic N) is 1. The fourth-order valence-electron chi connectivity index (χ4n) is 2.73. The minimum absolute atomic E-state index is 0.626. The third-order valence-electron chi connectivity index (χ3n) is 3.84. The molecule has 3 nitrogen and oxygen atoms in total. The van der Waals surface area contributed by atoms with Gasteiger partial charge in [0.1, 0.15) is 5.75 Å². The zero-order valence-electron chi connectivity index (χ0n) is 11.3. The van der Waals surface area contributed by atoms with Gasteiger partial charge in [-0.05, 0) is 56.5 Å². The molecule has 18 heavy (non-hydrogen) atoms. The van der Waals surface area contributed by atoms with Crippen molar-refractivity contribution in [2.75, 3.05) is 26.7 Å². The summed E-state index contributed by atoms with van der Waals surface area (Å²) in [5.74, 6) is 0.932. The van der Waals surface area contributed by atoms with Crippen LogP contribution in [-0.2, 0) is 6.42 Å². The van der Waals surface area contributed by atoms with Crippen LogP contribution in [0.3, 0.4) is 0 Å². The van der Waals surface area contributed by atoms with Gasteiger partial charge in [-0.1, -0.05) is 12.1 Å². The second-order valence-electron chi connectivity index (χ2n) is 5.02. The predicted octanol–water partition coefficient (Wildman–Crippen LogP) is 2.05. The smallest absolute Gasteiger partial charge is 0.118 e. The Balaban J connectivity index is 1.74. The second-order valence-corrected chi connectivity index (χ2v) is 5.02. The predicted molar refractivity (Wildman–Crippen MR) is 75.0 cm³/mol. The minimum atomic E-state index is 0.626. The van der Waals surface area contributed by atoms with E-state index in [0.717, 1.165) is 18.7 Å². The summed E-state index contributed by atoms with van der Waals surface area (Å²) >= 11 is 0. The van der Waals surface area contributed by atoms with Crippen LogP contribution in [0.25, 0.3) is 0 Å². The molecule has 1 heterocycles. The molecule has 0 amide bonds. The van der Waals surface area contributed by atoms with Crippen molar-refractivity contribution in [2.24, 2.45) is 5.73 Å². The Morgan fingerprint density at radius 3 is 2.78 bits per heavy atom. The molecule has 1 aliphatic rings. The quantitative estimate of drug-likeness (QED) is 0.837. The minimum Gasteiger partial charge on any atom is -0.497 e. The van der Waals surface area contributed by atoms with Gasteiger partial charge in [0.05, 0.1) is 7.11 Å². The molecule has 1 saturated heterocycles. The molecule has 1 fully saturated rings. The lowest BCUT2D eigenvalue weighted by molar-refractivity contribution is 0.255. The van der Waals surface area contributed by atoms with Crippen LogP contribution in [0.15, 0.2) is 24.3 Å². The molecule has 2 rings (SSSR count). The first-order chi connectivity index (χ1) is 8.83. The third kappa shape index (κ3) is 3.47. The van der Waals surface area contributed by atoms with Crippen molar-refractivity contribution in [3.8, 4) is 5.75 Å². The van der Waals surface area contributed by atoms with Crippen LogP contribution in [0.1, 0.15) is 24.8 Å². The average molecular weight is 248 g/mol. The normalized spacial score (nSPS) is 20.2. The van der Waals surface area contributed by atoms with Crippen LogP contribution >= 0.6 is 0 Å². The number of rotatable bonds is 6. The molecular formula is C15H24N2O. The number of hydrogen-bond donors (Lipinski definition) is 1. The first-order valence-electron chi connectivity index (χ1n) is 6.90. The highest BCUT2D eigenvalue weighted by Gasteiger charge is 2.21. The molecule has 100 valence electrons. The molecule has 3 heteroatoms. The Hall–Kier alpha value is -1.06. The zero-order chi connectivity index (χ0) is 12.8. The molecule has 0 bridgehead atoms. The molecule has 0 aromatic heterocycles. The van der Waals surface area contributed by atoms with Crippen LogP contribution in [0.4, 0.5) is 0 Å². The summed E-state index contributed by atoms with van der Waals surface area (Å²) in [7, 11) is 1.70. The van der Waals surface area contributed by atoms with E-state index in [1.54, 1.807) is 7.11 Å². The lowest BCUT2D eigenvalue weighted by Crippen LogP contribution is -2.36. The van der Waals surface area contributed by atoms with Gasteiger partial charge < -0.3 is 10.5 Å². The topological polar surface area (TPSA) is 38.5 Å². The van der Waals surface area contributed by atoms with E-state index in [2.05, 4.69) is 17.0 Å². The summed E-state index contributed by atoms with van der Waals surface area (Å²) in [5, 5.41) is 0. The molecule has 0 aliphatic carbocycles. The standard InChI is InChI=1S/C15H24N2O/c1-18-15-8-6-13(7-9-15)4-2-10-17-11-3-5-14(17)12-16/h6-9,14H,2-5,10-12,16H2,1H3. The number of benzene rings is 1. The summed E-state index contributed by atoms with van der Waals surface area (Å²) in [4.78, 5) is 2.55. The average Bonchev–Trinajstić information content (AvgIpc) is 2.87. The van der Waals surface area contributed by atoms with Gasteiger partial charge in [0, 0.05) is 12.6 Å². The number of nitrogens with two attached hydrogens (primary N) is 1. The fraction of sp³-hybridized carbons (Fsp3) is 0.600. The molecule has 1 aromatic rings. The first kappa shape index (κ1) is 13.4. The van der Waals surface area contributed by atoms with E-state index in [0.29, 0.717) is 6.04 Å². The SMILES string of the molecule is COc1ccc(CCCN2CCCC2CN)cc1. The Bertz CT molecular complexity index is 350. The number of ether oxygens (including phenoxy) is 1. The van der Waals surface area contributed by atoms with E-state index in [-0.39, 0.29) is 0 Å². The molecule has 0 spiro atoms. The second kappa shape index (κ2) is 6.76. The maximum absolute atomic E-state index is 5.78. The van der Waals surface area contributed by atoms with Gasteiger partial charge >= 0.3 is 0 Å². The third-order valence-corrected chi connectivity index (χ3v) is 3.84. The first-order valence-corrected chi connectivity index (χ1v) is 6.90. The van der Waals surface area contributed by atoms with E-state index >= 15 is 0 Å². The Morgan fingerprint density at radius 1 is 1.33 bits per heavy atom. The van der Waals surface area contributed by atoms with Crippen molar-refractivity contribution in [1.29, 1.82) is 0 Å². The zero-order valence-corrected chi connectivity index (χ0v) is 11.3. The lowest BCUT2D eigenvalue weighted by atomic mass is 10.1. The summed E-state index contributed by atoms with van der Waals surface area (Å²) in [5.41, 5.74) is 7.17. The van der Waals surface area contributed by atoms with Gasteiger partial charge in [-0.25, -0.2) is 0 Å². The molecule has 0 saturated carbocycles. The molecule has 1 atom stereocenters. The maximum Gasteiger partial charge on any atom is 0.118 e. The van der Waals surface area contributed by atoms with Crippen LogP contribution in [0.5, 0.6) is 5.75 Å². The van der Waals surface area contributed by atoms with E-state index < -0.39 is 0 Å². The van der Waals surface area contributed by atoms with Crippen molar-refractivity contribution in [3.63, 3.8) is 0 Å². The largest absolute Gasteiger partial charge is 0.497 e. The number of aryl methyl sites for hydroxylation is 1. The van der Waals surface area contributed by atoms with Gasteiger partial charge in [0.25, 0.3) is 0 Å². The van der Waals surface area contributed by atoms with Gasteiger partial charge in [-0.3, -0.25) is 4.90 Å². The van der Waals surface area contributed by atoms with E-state index in [1.165, 1.54) is 37.9 Å². The molecule has 2 N–H and O–H groups in total. The van der Waals surface area contributed by atoms with E-state index in [1.807, 2.05) is 12.1 Å². The highest BCUT2D eigenvalue weighted by Crippen LogP contribution is 2.17. The fourth-order valence-corrected chi connectivity index (χ4v) is 2.73. The van der Waals surface area contributed by atoms with Gasteiger partial charge in [-0.15, -0.1) is 0 Å². The maximum atomic E-state index is 5.78. The summed E-state index contributed by atoms with van der Waals surface area (Å²) in [6.07, 6.45) is 4.93. The van der Waals surface area contributed by atoms with Crippen molar-refractivity contribution in [3.05, 3.63) is 29.8 Å². The van der Waals surface area contributed by atoms with Crippen molar-refractivity contribution >= 4 is 0 Å². The monoisotopic (exact) mass is 248 g/mol. The van der Waals surface area contributed by atoms with Crippen LogP contribution in [0, 0.1) is 0 Å². The van der Waals surface area contributed by atoms with Crippen LogP contribution < -0.4 is 10.5 Å². The van der Waals surface area contributed by atoms with Gasteiger partial charge in [-0.2, -0.15) is 0 Å². The highest BCUT2D eigenvalue weighted by molar-refractivity contribution is 5.27. The van der Waals surface area contributed by atoms with Crippen molar-refractivity contribution in [2.45, 2.75) is 31.7 Å². The summed E-state index contributed by atoms with van der Waals surface area (Å²) in [6.45, 7) is 3.21.